The zero-order valence-corrected chi connectivity index (χ0v) is 15.1. The molecule has 1 aliphatic heterocycles. The number of amides is 2. The van der Waals surface area contributed by atoms with Crippen LogP contribution in [0.15, 0.2) is 42.7 Å². The zero-order chi connectivity index (χ0) is 18.5. The summed E-state index contributed by atoms with van der Waals surface area (Å²) in [5.41, 5.74) is 1.48. The molecule has 26 heavy (non-hydrogen) atoms. The van der Waals surface area contributed by atoms with Gasteiger partial charge in [0, 0.05) is 31.4 Å². The van der Waals surface area contributed by atoms with Crippen molar-refractivity contribution in [1.82, 2.24) is 20.0 Å². The summed E-state index contributed by atoms with van der Waals surface area (Å²) < 4.78 is 7.09. The Hall–Kier alpha value is -2.83. The van der Waals surface area contributed by atoms with Gasteiger partial charge in [-0.2, -0.15) is 5.10 Å². The minimum atomic E-state index is -0.349. The Kier molecular flexibility index (Phi) is 5.55. The van der Waals surface area contributed by atoms with Gasteiger partial charge in [0.2, 0.25) is 0 Å². The lowest BCUT2D eigenvalue weighted by Crippen LogP contribution is -2.38. The molecular weight excluding hydrogens is 332 g/mol. The Morgan fingerprint density at radius 3 is 2.77 bits per heavy atom. The fraction of sp³-hybridized carbons (Fsp3) is 0.421. The number of ether oxygens (including phenoxy) is 1. The number of rotatable bonds is 5. The average Bonchev–Trinajstić information content (AvgIpc) is 3.30. The molecular formula is C19H24N4O3. The fourth-order valence-electron chi connectivity index (χ4n) is 2.86. The Bertz CT molecular complexity index is 757. The Balaban J connectivity index is 1.47. The summed E-state index contributed by atoms with van der Waals surface area (Å²) >= 11 is 0. The van der Waals surface area contributed by atoms with E-state index in [1.165, 1.54) is 0 Å². The van der Waals surface area contributed by atoms with Gasteiger partial charge in [-0.05, 0) is 25.8 Å². The number of carbonyl (C=O) groups is 2. The molecule has 1 fully saturated rings. The number of carbonyl (C=O) groups excluding carboxylic acids is 2. The first-order valence-electron chi connectivity index (χ1n) is 8.83. The summed E-state index contributed by atoms with van der Waals surface area (Å²) in [5.74, 6) is -0.165. The van der Waals surface area contributed by atoms with Crippen LogP contribution < -0.4 is 5.32 Å². The van der Waals surface area contributed by atoms with E-state index in [-0.39, 0.29) is 30.7 Å². The highest BCUT2D eigenvalue weighted by Crippen LogP contribution is 2.13. The second-order valence-corrected chi connectivity index (χ2v) is 6.75. The van der Waals surface area contributed by atoms with E-state index in [1.54, 1.807) is 22.0 Å². The molecule has 1 atom stereocenters. The Labute approximate surface area is 152 Å². The van der Waals surface area contributed by atoms with Crippen LogP contribution in [0.4, 0.5) is 4.79 Å². The molecule has 1 saturated heterocycles. The Morgan fingerprint density at radius 1 is 1.31 bits per heavy atom. The van der Waals surface area contributed by atoms with Crippen molar-refractivity contribution in [3.05, 3.63) is 53.9 Å². The first-order valence-corrected chi connectivity index (χ1v) is 8.83. The van der Waals surface area contributed by atoms with Gasteiger partial charge >= 0.3 is 6.09 Å². The van der Waals surface area contributed by atoms with Crippen LogP contribution in [-0.4, -0.2) is 45.8 Å². The molecule has 0 unspecified atom stereocenters. The molecule has 3 rings (SSSR count). The van der Waals surface area contributed by atoms with Crippen molar-refractivity contribution in [2.24, 2.45) is 0 Å². The minimum absolute atomic E-state index is 0.0748. The molecule has 2 aromatic rings. The number of benzene rings is 1. The van der Waals surface area contributed by atoms with E-state index in [1.807, 2.05) is 44.2 Å². The highest BCUT2D eigenvalue weighted by molar-refractivity contribution is 5.94. The number of hydrogen-bond donors (Lipinski definition) is 1. The molecule has 1 N–H and O–H groups in total. The van der Waals surface area contributed by atoms with Gasteiger partial charge in [0.15, 0.2) is 0 Å². The first kappa shape index (κ1) is 18.0. The molecule has 2 amide bonds. The second kappa shape index (κ2) is 8.03. The van der Waals surface area contributed by atoms with E-state index in [0.29, 0.717) is 25.1 Å². The number of hydrogen-bond acceptors (Lipinski definition) is 4. The van der Waals surface area contributed by atoms with Crippen molar-refractivity contribution in [2.45, 2.75) is 39.0 Å². The number of nitrogens with one attached hydrogen (secondary N) is 1. The van der Waals surface area contributed by atoms with Crippen molar-refractivity contribution in [2.75, 3.05) is 13.1 Å². The molecule has 1 aromatic heterocycles. The number of likely N-dealkylation sites (tertiary alicyclic amines) is 1. The molecule has 1 aromatic carbocycles. The van der Waals surface area contributed by atoms with Gasteiger partial charge in [0.05, 0.1) is 11.8 Å². The number of aromatic nitrogens is 2. The van der Waals surface area contributed by atoms with Crippen molar-refractivity contribution < 1.29 is 14.3 Å². The maximum absolute atomic E-state index is 12.3. The van der Waals surface area contributed by atoms with Crippen LogP contribution in [0.5, 0.6) is 0 Å². The van der Waals surface area contributed by atoms with E-state index in [0.717, 1.165) is 5.56 Å². The smallest absolute Gasteiger partial charge is 0.410 e. The third-order valence-corrected chi connectivity index (χ3v) is 4.38. The van der Waals surface area contributed by atoms with Crippen LogP contribution >= 0.6 is 0 Å². The van der Waals surface area contributed by atoms with Gasteiger partial charge in [-0.25, -0.2) is 4.79 Å². The average molecular weight is 356 g/mol. The predicted octanol–water partition coefficient (Wildman–Crippen LogP) is 2.60. The third-order valence-electron chi connectivity index (χ3n) is 4.38. The summed E-state index contributed by atoms with van der Waals surface area (Å²) in [6.45, 7) is 5.29. The summed E-state index contributed by atoms with van der Waals surface area (Å²) in [6.07, 6.45) is 3.67. The molecule has 138 valence electrons. The summed E-state index contributed by atoms with van der Waals surface area (Å²) in [7, 11) is 0. The topological polar surface area (TPSA) is 76.5 Å². The highest BCUT2D eigenvalue weighted by Gasteiger charge is 2.28. The maximum Gasteiger partial charge on any atom is 0.410 e. The van der Waals surface area contributed by atoms with Gasteiger partial charge in [-0.15, -0.1) is 0 Å². The highest BCUT2D eigenvalue weighted by atomic mass is 16.6. The van der Waals surface area contributed by atoms with Crippen molar-refractivity contribution in [3.8, 4) is 0 Å². The van der Waals surface area contributed by atoms with E-state index < -0.39 is 0 Å². The normalized spacial score (nSPS) is 16.7. The predicted molar refractivity (Wildman–Crippen MR) is 96.7 cm³/mol. The quantitative estimate of drug-likeness (QED) is 0.893. The van der Waals surface area contributed by atoms with Crippen LogP contribution in [0, 0.1) is 0 Å². The molecule has 0 radical (unpaired) electrons. The lowest BCUT2D eigenvalue weighted by molar-refractivity contribution is 0.0922. The molecule has 0 bridgehead atoms. The van der Waals surface area contributed by atoms with Crippen molar-refractivity contribution >= 4 is 12.0 Å². The van der Waals surface area contributed by atoms with E-state index >= 15 is 0 Å². The second-order valence-electron chi connectivity index (χ2n) is 6.75. The molecule has 0 aliphatic carbocycles. The van der Waals surface area contributed by atoms with Crippen molar-refractivity contribution in [3.63, 3.8) is 0 Å². The molecule has 7 heteroatoms. The van der Waals surface area contributed by atoms with Gasteiger partial charge in [-0.3, -0.25) is 9.48 Å². The van der Waals surface area contributed by atoms with Gasteiger partial charge in [0.25, 0.3) is 5.91 Å². The van der Waals surface area contributed by atoms with Crippen molar-refractivity contribution in [1.29, 1.82) is 0 Å². The standard InChI is InChI=1S/C19H24N4O3/c1-14(2)23-11-16(10-20-23)18(24)21-17-8-9-22(12-17)19(25)26-13-15-6-4-3-5-7-15/h3-7,10-11,14,17H,8-9,12-13H2,1-2H3,(H,21,24)/t17-/m1/s1. The van der Waals surface area contributed by atoms with Crippen LogP contribution in [0.3, 0.4) is 0 Å². The minimum Gasteiger partial charge on any atom is -0.445 e. The van der Waals surface area contributed by atoms with Gasteiger partial charge in [-0.1, -0.05) is 30.3 Å². The monoisotopic (exact) mass is 356 g/mol. The lowest BCUT2D eigenvalue weighted by atomic mass is 10.2. The van der Waals surface area contributed by atoms with Crippen LogP contribution in [-0.2, 0) is 11.3 Å². The molecule has 1 aliphatic rings. The number of nitrogens with zero attached hydrogens (tertiary/aromatic N) is 3. The maximum atomic E-state index is 12.3. The lowest BCUT2D eigenvalue weighted by Gasteiger charge is -2.17. The molecule has 0 saturated carbocycles. The summed E-state index contributed by atoms with van der Waals surface area (Å²) in [6, 6.07) is 9.70. The van der Waals surface area contributed by atoms with E-state index in [2.05, 4.69) is 10.4 Å². The largest absolute Gasteiger partial charge is 0.445 e. The fourth-order valence-corrected chi connectivity index (χ4v) is 2.86. The third kappa shape index (κ3) is 4.41. The zero-order valence-electron chi connectivity index (χ0n) is 15.1. The van der Waals surface area contributed by atoms with Gasteiger partial charge < -0.3 is 15.0 Å². The van der Waals surface area contributed by atoms with E-state index in [4.69, 9.17) is 4.74 Å². The molecule has 0 spiro atoms. The molecule has 7 nitrogen and oxygen atoms in total. The van der Waals surface area contributed by atoms with Crippen LogP contribution in [0.1, 0.15) is 42.2 Å². The molecule has 2 heterocycles. The Morgan fingerprint density at radius 2 is 2.08 bits per heavy atom. The van der Waals surface area contributed by atoms with Gasteiger partial charge in [0.1, 0.15) is 6.61 Å². The summed E-state index contributed by atoms with van der Waals surface area (Å²) in [4.78, 5) is 26.1. The van der Waals surface area contributed by atoms with Crippen LogP contribution in [0.25, 0.3) is 0 Å². The summed E-state index contributed by atoms with van der Waals surface area (Å²) in [5, 5.41) is 7.14. The van der Waals surface area contributed by atoms with Crippen LogP contribution in [0.2, 0.25) is 0 Å². The van der Waals surface area contributed by atoms with E-state index in [9.17, 15) is 9.59 Å². The first-order chi connectivity index (χ1) is 12.5. The SMILES string of the molecule is CC(C)n1cc(C(=O)N[C@@H]2CCN(C(=O)OCc3ccccc3)C2)cn1.